The Morgan fingerprint density at radius 3 is 2.24 bits per heavy atom. The Morgan fingerprint density at radius 2 is 1.67 bits per heavy atom. The first-order valence-corrected chi connectivity index (χ1v) is 6.80. The number of ether oxygens (including phenoxy) is 1. The summed E-state index contributed by atoms with van der Waals surface area (Å²) in [6.07, 6.45) is 0. The molecule has 0 amide bonds. The number of esters is 1. The van der Waals surface area contributed by atoms with E-state index in [-0.39, 0.29) is 5.97 Å². The SMILES string of the molecule is CC(C)(C)OC(=O)c1ccc(Nc2ccccc2N)cc1. The van der Waals surface area contributed by atoms with E-state index < -0.39 is 5.60 Å². The topological polar surface area (TPSA) is 64.3 Å². The number of hydrogen-bond donors (Lipinski definition) is 2. The van der Waals surface area contributed by atoms with E-state index in [1.807, 2.05) is 57.2 Å². The summed E-state index contributed by atoms with van der Waals surface area (Å²) in [6, 6.07) is 14.6. The van der Waals surface area contributed by atoms with Crippen molar-refractivity contribution in [2.24, 2.45) is 0 Å². The Balaban J connectivity index is 2.09. The summed E-state index contributed by atoms with van der Waals surface area (Å²) in [5, 5.41) is 3.21. The van der Waals surface area contributed by atoms with Gasteiger partial charge in [0.05, 0.1) is 16.9 Å². The Morgan fingerprint density at radius 1 is 1.05 bits per heavy atom. The maximum Gasteiger partial charge on any atom is 0.338 e. The summed E-state index contributed by atoms with van der Waals surface area (Å²) >= 11 is 0. The van der Waals surface area contributed by atoms with Crippen LogP contribution in [0.5, 0.6) is 0 Å². The molecule has 0 saturated heterocycles. The lowest BCUT2D eigenvalue weighted by molar-refractivity contribution is 0.00696. The van der Waals surface area contributed by atoms with Gasteiger partial charge in [-0.2, -0.15) is 0 Å². The number of para-hydroxylation sites is 2. The number of carbonyl (C=O) groups is 1. The minimum Gasteiger partial charge on any atom is -0.456 e. The van der Waals surface area contributed by atoms with Crippen molar-refractivity contribution < 1.29 is 9.53 Å². The average Bonchev–Trinajstić information content (AvgIpc) is 2.40. The van der Waals surface area contributed by atoms with Crippen LogP contribution in [0.15, 0.2) is 48.5 Å². The molecule has 0 bridgehead atoms. The van der Waals surface area contributed by atoms with Crippen LogP contribution in [0, 0.1) is 0 Å². The van der Waals surface area contributed by atoms with E-state index in [0.717, 1.165) is 11.4 Å². The normalized spacial score (nSPS) is 11.0. The first kappa shape index (κ1) is 14.9. The van der Waals surface area contributed by atoms with Crippen LogP contribution in [0.2, 0.25) is 0 Å². The van der Waals surface area contributed by atoms with Crippen LogP contribution in [-0.2, 0) is 4.74 Å². The molecule has 0 atom stereocenters. The number of hydrogen-bond acceptors (Lipinski definition) is 4. The smallest absolute Gasteiger partial charge is 0.338 e. The van der Waals surface area contributed by atoms with Crippen LogP contribution < -0.4 is 11.1 Å². The molecular weight excluding hydrogens is 264 g/mol. The third-order valence-corrected chi connectivity index (χ3v) is 2.76. The summed E-state index contributed by atoms with van der Waals surface area (Å²) in [5.41, 5.74) is 8.28. The lowest BCUT2D eigenvalue weighted by Crippen LogP contribution is -2.23. The molecule has 2 aromatic carbocycles. The van der Waals surface area contributed by atoms with Crippen molar-refractivity contribution in [2.75, 3.05) is 11.1 Å². The van der Waals surface area contributed by atoms with Gasteiger partial charge in [-0.3, -0.25) is 0 Å². The van der Waals surface area contributed by atoms with E-state index in [1.165, 1.54) is 0 Å². The van der Waals surface area contributed by atoms with Gasteiger partial charge in [0.1, 0.15) is 5.60 Å². The van der Waals surface area contributed by atoms with Crippen molar-refractivity contribution in [3.8, 4) is 0 Å². The molecule has 0 aromatic heterocycles. The highest BCUT2D eigenvalue weighted by Gasteiger charge is 2.17. The van der Waals surface area contributed by atoms with Crippen molar-refractivity contribution in [1.29, 1.82) is 0 Å². The zero-order valence-electron chi connectivity index (χ0n) is 12.5. The van der Waals surface area contributed by atoms with Crippen molar-refractivity contribution >= 4 is 23.0 Å². The van der Waals surface area contributed by atoms with Gasteiger partial charge in [-0.05, 0) is 57.2 Å². The molecule has 110 valence electrons. The summed E-state index contributed by atoms with van der Waals surface area (Å²) in [7, 11) is 0. The largest absolute Gasteiger partial charge is 0.456 e. The zero-order chi connectivity index (χ0) is 15.5. The molecule has 21 heavy (non-hydrogen) atoms. The lowest BCUT2D eigenvalue weighted by atomic mass is 10.1. The van der Waals surface area contributed by atoms with Crippen LogP contribution in [0.4, 0.5) is 17.1 Å². The number of nitrogens with one attached hydrogen (secondary N) is 1. The van der Waals surface area contributed by atoms with Crippen LogP contribution >= 0.6 is 0 Å². The summed E-state index contributed by atoms with van der Waals surface area (Å²) in [5.74, 6) is -0.326. The van der Waals surface area contributed by atoms with Gasteiger partial charge in [0.15, 0.2) is 0 Å². The Hall–Kier alpha value is -2.49. The van der Waals surface area contributed by atoms with E-state index >= 15 is 0 Å². The zero-order valence-corrected chi connectivity index (χ0v) is 12.5. The molecule has 4 heteroatoms. The number of anilines is 3. The number of carbonyl (C=O) groups excluding carboxylic acids is 1. The standard InChI is InChI=1S/C17H20N2O2/c1-17(2,3)21-16(20)12-8-10-13(11-9-12)19-15-7-5-4-6-14(15)18/h4-11,19H,18H2,1-3H3. The number of nitrogen functional groups attached to an aromatic ring is 1. The highest BCUT2D eigenvalue weighted by molar-refractivity contribution is 5.90. The van der Waals surface area contributed by atoms with Crippen molar-refractivity contribution in [3.63, 3.8) is 0 Å². The van der Waals surface area contributed by atoms with E-state index in [9.17, 15) is 4.79 Å². The maximum absolute atomic E-state index is 11.9. The molecule has 0 spiro atoms. The molecule has 0 aliphatic heterocycles. The minimum absolute atomic E-state index is 0.326. The molecule has 0 fully saturated rings. The Bertz CT molecular complexity index is 628. The van der Waals surface area contributed by atoms with Crippen LogP contribution in [0.3, 0.4) is 0 Å². The molecule has 0 radical (unpaired) electrons. The van der Waals surface area contributed by atoms with Gasteiger partial charge >= 0.3 is 5.97 Å². The summed E-state index contributed by atoms with van der Waals surface area (Å²) in [4.78, 5) is 11.9. The predicted octanol–water partition coefficient (Wildman–Crippen LogP) is 3.97. The van der Waals surface area contributed by atoms with Gasteiger partial charge in [-0.25, -0.2) is 4.79 Å². The molecule has 2 aromatic rings. The molecule has 4 nitrogen and oxygen atoms in total. The third-order valence-electron chi connectivity index (χ3n) is 2.76. The van der Waals surface area contributed by atoms with Crippen LogP contribution in [0.25, 0.3) is 0 Å². The number of benzene rings is 2. The fourth-order valence-corrected chi connectivity index (χ4v) is 1.79. The number of rotatable bonds is 3. The maximum atomic E-state index is 11.9. The molecule has 0 aliphatic rings. The molecule has 0 heterocycles. The fourth-order valence-electron chi connectivity index (χ4n) is 1.79. The van der Waals surface area contributed by atoms with Crippen LogP contribution in [0.1, 0.15) is 31.1 Å². The van der Waals surface area contributed by atoms with Gasteiger partial charge in [0, 0.05) is 5.69 Å². The average molecular weight is 284 g/mol. The summed E-state index contributed by atoms with van der Waals surface area (Å²) < 4.78 is 5.32. The van der Waals surface area contributed by atoms with Crippen molar-refractivity contribution in [1.82, 2.24) is 0 Å². The van der Waals surface area contributed by atoms with Crippen LogP contribution in [-0.4, -0.2) is 11.6 Å². The van der Waals surface area contributed by atoms with Gasteiger partial charge in [-0.1, -0.05) is 12.1 Å². The first-order valence-electron chi connectivity index (χ1n) is 6.80. The second-order valence-electron chi connectivity index (χ2n) is 5.79. The highest BCUT2D eigenvalue weighted by Crippen LogP contribution is 2.23. The van der Waals surface area contributed by atoms with Gasteiger partial charge in [0.2, 0.25) is 0 Å². The Kier molecular flexibility index (Phi) is 4.17. The number of nitrogens with two attached hydrogens (primary N) is 1. The highest BCUT2D eigenvalue weighted by atomic mass is 16.6. The minimum atomic E-state index is -0.494. The first-order chi connectivity index (χ1) is 9.85. The molecular formula is C17H20N2O2. The molecule has 3 N–H and O–H groups in total. The fraction of sp³-hybridized carbons (Fsp3) is 0.235. The molecule has 2 rings (SSSR count). The van der Waals surface area contributed by atoms with E-state index in [1.54, 1.807) is 12.1 Å². The van der Waals surface area contributed by atoms with Crippen molar-refractivity contribution in [3.05, 3.63) is 54.1 Å². The lowest BCUT2D eigenvalue weighted by Gasteiger charge is -2.19. The van der Waals surface area contributed by atoms with Gasteiger partial charge in [0.25, 0.3) is 0 Å². The molecule has 0 saturated carbocycles. The predicted molar refractivity (Wildman–Crippen MR) is 85.7 cm³/mol. The van der Waals surface area contributed by atoms with E-state index in [0.29, 0.717) is 11.3 Å². The quantitative estimate of drug-likeness (QED) is 0.661. The molecule has 0 aliphatic carbocycles. The third kappa shape index (κ3) is 4.24. The summed E-state index contributed by atoms with van der Waals surface area (Å²) in [6.45, 7) is 5.54. The second kappa shape index (κ2) is 5.87. The van der Waals surface area contributed by atoms with Gasteiger partial charge < -0.3 is 15.8 Å². The van der Waals surface area contributed by atoms with E-state index in [2.05, 4.69) is 5.32 Å². The molecule has 0 unspecified atom stereocenters. The van der Waals surface area contributed by atoms with Crippen molar-refractivity contribution in [2.45, 2.75) is 26.4 Å². The monoisotopic (exact) mass is 284 g/mol. The van der Waals surface area contributed by atoms with Gasteiger partial charge in [-0.15, -0.1) is 0 Å². The van der Waals surface area contributed by atoms with E-state index in [4.69, 9.17) is 10.5 Å². The second-order valence-corrected chi connectivity index (χ2v) is 5.79. The Labute approximate surface area is 124 Å².